The smallest absolute Gasteiger partial charge is 0.339 e. The lowest BCUT2D eigenvalue weighted by Gasteiger charge is -2.21. The molecule has 0 saturated heterocycles. The molecule has 55 heavy (non-hydrogen) atoms. The van der Waals surface area contributed by atoms with E-state index in [1.54, 1.807) is 18.2 Å². The van der Waals surface area contributed by atoms with E-state index in [-0.39, 0.29) is 48.6 Å². The zero-order valence-corrected chi connectivity index (χ0v) is 35.4. The maximum absolute atomic E-state index is 12.3. The van der Waals surface area contributed by atoms with Crippen LogP contribution in [0, 0.1) is 0 Å². The van der Waals surface area contributed by atoms with Crippen LogP contribution in [0.15, 0.2) is 164 Å². The number of benzene rings is 6. The van der Waals surface area contributed by atoms with Gasteiger partial charge in [0.05, 0.1) is 15.8 Å². The summed E-state index contributed by atoms with van der Waals surface area (Å²) in [7, 11) is -8.90. The third-order valence-corrected chi connectivity index (χ3v) is 13.6. The van der Waals surface area contributed by atoms with Crippen LogP contribution < -0.4 is 4.18 Å². The van der Waals surface area contributed by atoms with Gasteiger partial charge in [0.2, 0.25) is 0 Å². The van der Waals surface area contributed by atoms with Crippen molar-refractivity contribution in [2.45, 2.75) is 103 Å². The maximum Gasteiger partial charge on any atom is 0.339 e. The molecule has 6 aromatic carbocycles. The Hall–Kier alpha value is -4.41. The Morgan fingerprint density at radius 2 is 0.836 bits per heavy atom. The third-order valence-electron chi connectivity index (χ3n) is 9.21. The number of fused-ring (bicyclic) bond motifs is 1. The lowest BCUT2D eigenvalue weighted by Crippen LogP contribution is -2.13. The second-order valence-electron chi connectivity index (χ2n) is 16.5. The average Bonchev–Trinajstić information content (AvgIpc) is 3.11. The fourth-order valence-corrected chi connectivity index (χ4v) is 9.68. The Bertz CT molecular complexity index is 2320. The van der Waals surface area contributed by atoms with E-state index >= 15 is 0 Å². The maximum atomic E-state index is 12.3. The summed E-state index contributed by atoms with van der Waals surface area (Å²) in [6.45, 7) is 20.5. The van der Waals surface area contributed by atoms with Gasteiger partial charge in [0.1, 0.15) is 15.0 Å². The Morgan fingerprint density at radius 3 is 1.22 bits per heavy atom. The molecular weight excluding hydrogens is 745 g/mol. The van der Waals surface area contributed by atoms with Crippen molar-refractivity contribution in [1.82, 2.24) is 0 Å². The van der Waals surface area contributed by atoms with Crippen molar-refractivity contribution in [3.05, 3.63) is 156 Å². The van der Waals surface area contributed by atoms with Crippen molar-refractivity contribution >= 4 is 41.9 Å². The van der Waals surface area contributed by atoms with Gasteiger partial charge in [-0.2, -0.15) is 8.42 Å². The van der Waals surface area contributed by atoms with Crippen LogP contribution in [0.3, 0.4) is 0 Å². The molecule has 9 heteroatoms. The Balaban J connectivity index is 0.000000218. The molecule has 6 rings (SSSR count). The first-order valence-corrected chi connectivity index (χ1v) is 22.1. The molecule has 0 heterocycles. The van der Waals surface area contributed by atoms with E-state index in [4.69, 9.17) is 4.18 Å². The predicted octanol–water partition coefficient (Wildman–Crippen LogP) is 11.2. The van der Waals surface area contributed by atoms with Gasteiger partial charge in [-0.1, -0.05) is 141 Å². The summed E-state index contributed by atoms with van der Waals surface area (Å²) in [4.78, 5) is 3.66. The van der Waals surface area contributed by atoms with Crippen LogP contribution in [0.5, 0.6) is 5.75 Å². The van der Waals surface area contributed by atoms with Gasteiger partial charge in [0.25, 0.3) is 0 Å². The molecule has 0 fully saturated rings. The molecule has 0 aliphatic rings. The molecule has 0 saturated carbocycles. The molecule has 6 aromatic rings. The van der Waals surface area contributed by atoms with Gasteiger partial charge in [-0.3, -0.25) is 0 Å². The van der Waals surface area contributed by atoms with Crippen molar-refractivity contribution in [3.8, 4) is 5.75 Å². The SMILES string of the molecule is CC(C)(C)c1ccc([S+](c2ccc(C(C)(C)C)cc2)c2ccc(C(C)(C)C)cc2)cc1.O=S(=O)([O-])c1cccc2c(OS(=O)(=O)c3ccccc3)cccc12. The van der Waals surface area contributed by atoms with Gasteiger partial charge in [0, 0.05) is 10.8 Å². The van der Waals surface area contributed by atoms with Crippen molar-refractivity contribution in [2.24, 2.45) is 0 Å². The topological polar surface area (TPSA) is 101 Å². The fourth-order valence-electron chi connectivity index (χ4n) is 5.98. The molecule has 0 atom stereocenters. The Morgan fingerprint density at radius 1 is 0.455 bits per heavy atom. The summed E-state index contributed by atoms with van der Waals surface area (Å²) in [5.41, 5.74) is 4.64. The molecule has 0 aliphatic heterocycles. The van der Waals surface area contributed by atoms with Crippen LogP contribution in [-0.2, 0) is 47.4 Å². The average molecular weight is 795 g/mol. The largest absolute Gasteiger partial charge is 0.744 e. The van der Waals surface area contributed by atoms with Crippen LogP contribution in [-0.4, -0.2) is 21.4 Å². The Labute approximate surface area is 330 Å². The standard InChI is InChI=1S/C30H39S.C16H12O6S2/c1-28(2,3)22-10-16-25(17-11-22)31(26-18-12-23(13-19-26)29(4,5)6)27-20-14-24(15-21-27)30(7,8)9;17-23(18,19)16-11-5-8-13-14(16)9-4-10-15(13)22-24(20,21)12-6-2-1-3-7-12/h10-21H,1-9H3;1-11H,(H,17,18,19)/q+1;/p-1. The summed E-state index contributed by atoms with van der Waals surface area (Å²) >= 11 is 0. The number of hydrogen-bond acceptors (Lipinski definition) is 6. The quantitative estimate of drug-likeness (QED) is 0.0906. The highest BCUT2D eigenvalue weighted by molar-refractivity contribution is 7.97. The first kappa shape index (κ1) is 41.7. The Kier molecular flexibility index (Phi) is 12.1. The lowest BCUT2D eigenvalue weighted by atomic mass is 9.87. The summed E-state index contributed by atoms with van der Waals surface area (Å²) < 4.78 is 63.8. The van der Waals surface area contributed by atoms with Gasteiger partial charge in [-0.05, 0) is 93.6 Å². The van der Waals surface area contributed by atoms with Gasteiger partial charge >= 0.3 is 10.1 Å². The molecule has 0 N–H and O–H groups in total. The lowest BCUT2D eigenvalue weighted by molar-refractivity contribution is 0.464. The van der Waals surface area contributed by atoms with Gasteiger partial charge in [0.15, 0.2) is 20.4 Å². The summed E-state index contributed by atoms with van der Waals surface area (Å²) in [5, 5.41) is 0.321. The van der Waals surface area contributed by atoms with E-state index in [2.05, 4.69) is 135 Å². The fraction of sp³-hybridized carbons (Fsp3) is 0.261. The predicted molar refractivity (Wildman–Crippen MR) is 224 cm³/mol. The van der Waals surface area contributed by atoms with Crippen molar-refractivity contribution < 1.29 is 25.6 Å². The molecule has 288 valence electrons. The van der Waals surface area contributed by atoms with E-state index in [1.807, 2.05) is 0 Å². The highest BCUT2D eigenvalue weighted by Crippen LogP contribution is 2.36. The molecule has 0 spiro atoms. The van der Waals surface area contributed by atoms with E-state index in [0.29, 0.717) is 0 Å². The zero-order chi connectivity index (χ0) is 40.4. The molecule has 0 unspecified atom stereocenters. The minimum atomic E-state index is -4.70. The van der Waals surface area contributed by atoms with Gasteiger partial charge < -0.3 is 8.74 Å². The highest BCUT2D eigenvalue weighted by atomic mass is 32.2. The summed E-state index contributed by atoms with van der Waals surface area (Å²) in [6, 6.07) is 43.6. The van der Waals surface area contributed by atoms with Gasteiger partial charge in [-0.15, -0.1) is 0 Å². The minimum absolute atomic E-state index is 0.0328. The zero-order valence-electron chi connectivity index (χ0n) is 33.0. The van der Waals surface area contributed by atoms with Gasteiger partial charge in [-0.25, -0.2) is 8.42 Å². The second kappa shape index (κ2) is 16.0. The van der Waals surface area contributed by atoms with Crippen LogP contribution >= 0.6 is 0 Å². The van der Waals surface area contributed by atoms with Crippen LogP contribution in [0.25, 0.3) is 10.8 Å². The van der Waals surface area contributed by atoms with E-state index in [1.165, 1.54) is 79.9 Å². The monoisotopic (exact) mass is 794 g/mol. The van der Waals surface area contributed by atoms with E-state index in [0.717, 1.165) is 0 Å². The highest BCUT2D eigenvalue weighted by Gasteiger charge is 2.30. The van der Waals surface area contributed by atoms with Crippen LogP contribution in [0.2, 0.25) is 0 Å². The molecule has 0 aromatic heterocycles. The third kappa shape index (κ3) is 10.3. The molecule has 0 radical (unpaired) electrons. The van der Waals surface area contributed by atoms with Crippen molar-refractivity contribution in [2.75, 3.05) is 0 Å². The number of rotatable bonds is 7. The normalized spacial score (nSPS) is 12.6. The second-order valence-corrected chi connectivity index (χ2v) is 21.5. The van der Waals surface area contributed by atoms with Crippen molar-refractivity contribution in [3.63, 3.8) is 0 Å². The van der Waals surface area contributed by atoms with E-state index in [9.17, 15) is 21.4 Å². The summed E-state index contributed by atoms with van der Waals surface area (Å²) in [5.74, 6) is -0.0538. The van der Waals surface area contributed by atoms with Crippen molar-refractivity contribution in [1.29, 1.82) is 0 Å². The first-order valence-electron chi connectivity index (χ1n) is 18.1. The number of hydrogen-bond donors (Lipinski definition) is 0. The van der Waals surface area contributed by atoms with Crippen LogP contribution in [0.4, 0.5) is 0 Å². The molecule has 6 nitrogen and oxygen atoms in total. The first-order chi connectivity index (χ1) is 25.6. The van der Waals surface area contributed by atoms with E-state index < -0.39 is 25.1 Å². The molecule has 0 aliphatic carbocycles. The molecular formula is C46H50O6S3. The van der Waals surface area contributed by atoms with Crippen LogP contribution in [0.1, 0.15) is 79.0 Å². The summed E-state index contributed by atoms with van der Waals surface area (Å²) in [6.07, 6.45) is 0. The minimum Gasteiger partial charge on any atom is -0.744 e. The molecule has 0 amide bonds. The molecule has 0 bridgehead atoms.